The van der Waals surface area contributed by atoms with E-state index in [2.05, 4.69) is 15.6 Å². The van der Waals surface area contributed by atoms with Crippen LogP contribution in [-0.4, -0.2) is 16.8 Å². The molecule has 0 fully saturated rings. The maximum Gasteiger partial charge on any atom is 0.253 e. The third-order valence-corrected chi connectivity index (χ3v) is 4.20. The molecule has 0 aliphatic carbocycles. The second-order valence-corrected chi connectivity index (χ2v) is 5.69. The molecule has 1 aliphatic rings. The molecule has 0 saturated heterocycles. The van der Waals surface area contributed by atoms with Gasteiger partial charge in [-0.15, -0.1) is 0 Å². The van der Waals surface area contributed by atoms with Crippen LogP contribution in [0.15, 0.2) is 30.5 Å². The van der Waals surface area contributed by atoms with Crippen molar-refractivity contribution in [2.75, 3.05) is 5.32 Å². The summed E-state index contributed by atoms with van der Waals surface area (Å²) in [6, 6.07) is 5.84. The van der Waals surface area contributed by atoms with Crippen LogP contribution in [0.3, 0.4) is 0 Å². The minimum atomic E-state index is -0.807. The molecule has 1 aliphatic heterocycles. The van der Waals surface area contributed by atoms with Gasteiger partial charge < -0.3 is 10.6 Å². The van der Waals surface area contributed by atoms with Crippen LogP contribution in [-0.2, 0) is 4.79 Å². The molecule has 2 aromatic rings. The lowest BCUT2D eigenvalue weighted by Crippen LogP contribution is -2.32. The van der Waals surface area contributed by atoms with Crippen molar-refractivity contribution in [2.24, 2.45) is 0 Å². The summed E-state index contributed by atoms with van der Waals surface area (Å²) in [7, 11) is 0. The predicted molar refractivity (Wildman–Crippen MR) is 84.3 cm³/mol. The minimum Gasteiger partial charge on any atom is -0.336 e. The van der Waals surface area contributed by atoms with Gasteiger partial charge in [0.25, 0.3) is 11.8 Å². The quantitative estimate of drug-likeness (QED) is 0.885. The number of rotatable bonds is 2. The second kappa shape index (κ2) is 5.59. The molecule has 0 spiro atoms. The van der Waals surface area contributed by atoms with E-state index in [-0.39, 0.29) is 16.8 Å². The SMILES string of the molecule is Cc1ccc(C(=O)N[C@H]2C(=O)Nc3c2ccc(Cl)c3Cl)cn1. The molecule has 2 amide bonds. The number of nitrogens with one attached hydrogen (secondary N) is 2. The number of aromatic nitrogens is 1. The van der Waals surface area contributed by atoms with Crippen LogP contribution in [0.1, 0.15) is 27.7 Å². The Bertz CT molecular complexity index is 775. The zero-order valence-electron chi connectivity index (χ0n) is 11.5. The Kier molecular flexibility index (Phi) is 3.76. The van der Waals surface area contributed by atoms with Crippen molar-refractivity contribution in [3.05, 3.63) is 57.3 Å². The molecule has 0 unspecified atom stereocenters. The van der Waals surface area contributed by atoms with E-state index in [1.807, 2.05) is 6.92 Å². The van der Waals surface area contributed by atoms with Gasteiger partial charge in [-0.05, 0) is 25.1 Å². The molecule has 1 aromatic carbocycles. The van der Waals surface area contributed by atoms with E-state index < -0.39 is 6.04 Å². The second-order valence-electron chi connectivity index (χ2n) is 4.91. The topological polar surface area (TPSA) is 71.1 Å². The molecule has 0 bridgehead atoms. The largest absolute Gasteiger partial charge is 0.336 e. The highest BCUT2D eigenvalue weighted by molar-refractivity contribution is 6.44. The Labute approximate surface area is 136 Å². The van der Waals surface area contributed by atoms with Crippen molar-refractivity contribution in [3.8, 4) is 0 Å². The van der Waals surface area contributed by atoms with Gasteiger partial charge in [-0.3, -0.25) is 14.6 Å². The number of hydrogen-bond donors (Lipinski definition) is 2. The normalized spacial score (nSPS) is 16.1. The Morgan fingerprint density at radius 3 is 2.73 bits per heavy atom. The van der Waals surface area contributed by atoms with Crippen molar-refractivity contribution in [1.82, 2.24) is 10.3 Å². The number of pyridine rings is 1. The molecule has 22 heavy (non-hydrogen) atoms. The van der Waals surface area contributed by atoms with Crippen LogP contribution < -0.4 is 10.6 Å². The van der Waals surface area contributed by atoms with Gasteiger partial charge in [0.15, 0.2) is 0 Å². The number of fused-ring (bicyclic) bond motifs is 1. The smallest absolute Gasteiger partial charge is 0.253 e. The lowest BCUT2D eigenvalue weighted by molar-refractivity contribution is -0.117. The van der Waals surface area contributed by atoms with Gasteiger partial charge in [-0.1, -0.05) is 29.3 Å². The molecule has 0 saturated carbocycles. The molecule has 2 N–H and O–H groups in total. The first-order valence-electron chi connectivity index (χ1n) is 6.49. The number of benzene rings is 1. The Morgan fingerprint density at radius 1 is 1.27 bits per heavy atom. The van der Waals surface area contributed by atoms with E-state index in [4.69, 9.17) is 23.2 Å². The number of nitrogens with zero attached hydrogens (tertiary/aromatic N) is 1. The average molecular weight is 336 g/mol. The standard InChI is InChI=1S/C15H11Cl2N3O2/c1-7-2-3-8(6-18-7)14(21)20-13-9-4-5-10(16)11(17)12(9)19-15(13)22/h2-6,13H,1H3,(H,19,22)(H,20,21)/t13-/m1/s1. The highest BCUT2D eigenvalue weighted by Gasteiger charge is 2.34. The van der Waals surface area contributed by atoms with Crippen LogP contribution in [0.25, 0.3) is 0 Å². The molecule has 3 rings (SSSR count). The first kappa shape index (κ1) is 14.8. The number of carbonyl (C=O) groups excluding carboxylic acids is 2. The van der Waals surface area contributed by atoms with E-state index in [0.29, 0.717) is 21.8 Å². The van der Waals surface area contributed by atoms with Crippen molar-refractivity contribution < 1.29 is 9.59 Å². The monoisotopic (exact) mass is 335 g/mol. The number of anilines is 1. The predicted octanol–water partition coefficient (Wildman–Crippen LogP) is 3.12. The molecular weight excluding hydrogens is 325 g/mol. The summed E-state index contributed by atoms with van der Waals surface area (Å²) in [6.07, 6.45) is 1.47. The van der Waals surface area contributed by atoms with Gasteiger partial charge >= 0.3 is 0 Å². The van der Waals surface area contributed by atoms with E-state index in [0.717, 1.165) is 5.69 Å². The van der Waals surface area contributed by atoms with Gasteiger partial charge in [0.05, 0.1) is 21.3 Å². The van der Waals surface area contributed by atoms with Crippen LogP contribution in [0, 0.1) is 6.92 Å². The Morgan fingerprint density at radius 2 is 2.05 bits per heavy atom. The van der Waals surface area contributed by atoms with Crippen LogP contribution in [0.4, 0.5) is 5.69 Å². The van der Waals surface area contributed by atoms with Crippen molar-refractivity contribution in [3.63, 3.8) is 0 Å². The summed E-state index contributed by atoms with van der Waals surface area (Å²) in [5.41, 5.74) is 2.22. The molecule has 7 heteroatoms. The number of amides is 2. The Hall–Kier alpha value is -2.11. The molecule has 5 nitrogen and oxygen atoms in total. The summed E-state index contributed by atoms with van der Waals surface area (Å²) in [5.74, 6) is -0.737. The zero-order chi connectivity index (χ0) is 15.9. The Balaban J connectivity index is 1.88. The summed E-state index contributed by atoms with van der Waals surface area (Å²) in [5, 5.41) is 5.92. The molecule has 0 radical (unpaired) electrons. The van der Waals surface area contributed by atoms with Gasteiger partial charge in [0.1, 0.15) is 6.04 Å². The summed E-state index contributed by atoms with van der Waals surface area (Å²) in [4.78, 5) is 28.4. The number of hydrogen-bond acceptors (Lipinski definition) is 3. The van der Waals surface area contributed by atoms with Crippen LogP contribution in [0.2, 0.25) is 10.0 Å². The highest BCUT2D eigenvalue weighted by atomic mass is 35.5. The highest BCUT2D eigenvalue weighted by Crippen LogP contribution is 2.40. The van der Waals surface area contributed by atoms with Gasteiger partial charge in [0, 0.05) is 17.5 Å². The lowest BCUT2D eigenvalue weighted by atomic mass is 10.1. The number of aryl methyl sites for hydroxylation is 1. The summed E-state index contributed by atoms with van der Waals surface area (Å²) in [6.45, 7) is 1.83. The lowest BCUT2D eigenvalue weighted by Gasteiger charge is -2.12. The van der Waals surface area contributed by atoms with E-state index in [1.54, 1.807) is 24.3 Å². The maximum absolute atomic E-state index is 12.2. The fraction of sp³-hybridized carbons (Fsp3) is 0.133. The summed E-state index contributed by atoms with van der Waals surface area (Å²) < 4.78 is 0. The average Bonchev–Trinajstić information content (AvgIpc) is 2.81. The number of halogens is 2. The van der Waals surface area contributed by atoms with E-state index >= 15 is 0 Å². The first-order chi connectivity index (χ1) is 10.5. The summed E-state index contributed by atoms with van der Waals surface area (Å²) >= 11 is 12.0. The molecule has 2 heterocycles. The van der Waals surface area contributed by atoms with Crippen molar-refractivity contribution in [2.45, 2.75) is 13.0 Å². The number of carbonyl (C=O) groups is 2. The zero-order valence-corrected chi connectivity index (χ0v) is 13.0. The van der Waals surface area contributed by atoms with Crippen LogP contribution >= 0.6 is 23.2 Å². The molecule has 1 atom stereocenters. The van der Waals surface area contributed by atoms with Gasteiger partial charge in [-0.2, -0.15) is 0 Å². The van der Waals surface area contributed by atoms with Gasteiger partial charge in [0.2, 0.25) is 0 Å². The molecular formula is C15H11Cl2N3O2. The van der Waals surface area contributed by atoms with Crippen molar-refractivity contribution in [1.29, 1.82) is 0 Å². The third-order valence-electron chi connectivity index (χ3n) is 3.40. The fourth-order valence-electron chi connectivity index (χ4n) is 2.23. The van der Waals surface area contributed by atoms with Crippen LogP contribution in [0.5, 0.6) is 0 Å². The third kappa shape index (κ3) is 2.53. The fourth-order valence-corrected chi connectivity index (χ4v) is 2.61. The van der Waals surface area contributed by atoms with E-state index in [9.17, 15) is 9.59 Å². The van der Waals surface area contributed by atoms with Crippen molar-refractivity contribution >= 4 is 40.7 Å². The maximum atomic E-state index is 12.2. The molecule has 112 valence electrons. The first-order valence-corrected chi connectivity index (χ1v) is 7.25. The minimum absolute atomic E-state index is 0.265. The molecule has 1 aromatic heterocycles. The van der Waals surface area contributed by atoms with E-state index in [1.165, 1.54) is 6.20 Å². The van der Waals surface area contributed by atoms with Gasteiger partial charge in [-0.25, -0.2) is 0 Å².